The van der Waals surface area contributed by atoms with Crippen LogP contribution in [-0.2, 0) is 36.5 Å². The first-order valence-electron chi connectivity index (χ1n) is 11.2. The number of alkyl halides is 2. The Balaban J connectivity index is 1.33. The van der Waals surface area contributed by atoms with Crippen LogP contribution in [-0.4, -0.2) is 59.0 Å². The third-order valence-electron chi connectivity index (χ3n) is 6.00. The number of nitrogens with zero attached hydrogens (tertiary/aromatic N) is 5. The topological polar surface area (TPSA) is 212 Å². The molecule has 0 aromatic carbocycles. The number of halogens is 2. The molecule has 18 heteroatoms. The predicted octanol–water partition coefficient (Wildman–Crippen LogP) is 1.38. The first-order chi connectivity index (χ1) is 17.9. The molecule has 38 heavy (non-hydrogen) atoms. The van der Waals surface area contributed by atoms with Gasteiger partial charge < -0.3 is 30.6 Å². The summed E-state index contributed by atoms with van der Waals surface area (Å²) in [6, 6.07) is 0. The fourth-order valence-electron chi connectivity index (χ4n) is 4.10. The maximum absolute atomic E-state index is 15.7. The first-order valence-corrected chi connectivity index (χ1v) is 13.5. The van der Waals surface area contributed by atoms with Crippen molar-refractivity contribution in [2.24, 2.45) is 0 Å². The van der Waals surface area contributed by atoms with Gasteiger partial charge in [-0.05, 0) is 22.9 Å². The van der Waals surface area contributed by atoms with Crippen molar-refractivity contribution >= 4 is 52.6 Å². The molecule has 3 aromatic heterocycles. The van der Waals surface area contributed by atoms with E-state index >= 15 is 4.39 Å². The van der Waals surface area contributed by atoms with Crippen LogP contribution in [0, 0.1) is 6.92 Å². The number of imidazole rings is 1. The maximum atomic E-state index is 15.7. The number of carbonyl (C=O) groups excluding carboxylic acids is 1. The molecular weight excluding hydrogens is 594 g/mol. The van der Waals surface area contributed by atoms with E-state index in [1.807, 2.05) is 0 Å². The third kappa shape index (κ3) is 4.69. The standard InChI is InChI=1S/C20H23BrFN8O7P/c1-8-14-11(10(3-25-8)5-34-9(2)31)4-27-38(33,37-14)35-6-12-15(32)20(21,22)18(36-12)30-7-26-13-16(23)28-19(24)29-17(13)30/h3,7,12,15,18,32H,4-6H2,1-2H3,(H,27,33)(H4,23,24,28,29)/t12-,15?,18-,20?,38?/m1/s1. The molecule has 2 aliphatic rings. The summed E-state index contributed by atoms with van der Waals surface area (Å²) < 4.78 is 49.6. The number of fused-ring (bicyclic) bond motifs is 2. The Morgan fingerprint density at radius 1 is 1.42 bits per heavy atom. The van der Waals surface area contributed by atoms with Gasteiger partial charge >= 0.3 is 13.7 Å². The van der Waals surface area contributed by atoms with Gasteiger partial charge in [0, 0.05) is 30.8 Å². The van der Waals surface area contributed by atoms with Crippen LogP contribution in [0.15, 0.2) is 12.5 Å². The number of nitrogen functional groups attached to an aromatic ring is 2. The van der Waals surface area contributed by atoms with E-state index < -0.39 is 43.3 Å². The summed E-state index contributed by atoms with van der Waals surface area (Å²) in [7, 11) is -3.98. The van der Waals surface area contributed by atoms with Crippen molar-refractivity contribution in [2.75, 3.05) is 18.1 Å². The molecule has 6 N–H and O–H groups in total. The average Bonchev–Trinajstić information content (AvgIpc) is 3.36. The van der Waals surface area contributed by atoms with E-state index in [1.165, 1.54) is 24.0 Å². The zero-order chi connectivity index (χ0) is 27.4. The number of nitrogens with two attached hydrogens (primary N) is 2. The summed E-state index contributed by atoms with van der Waals surface area (Å²) in [5, 5.41) is 13.4. The summed E-state index contributed by atoms with van der Waals surface area (Å²) in [5.41, 5.74) is 13.3. The number of ether oxygens (including phenoxy) is 2. The number of carbonyl (C=O) groups is 1. The molecule has 0 aliphatic carbocycles. The molecule has 3 unspecified atom stereocenters. The van der Waals surface area contributed by atoms with Crippen molar-refractivity contribution in [3.05, 3.63) is 29.3 Å². The van der Waals surface area contributed by atoms with E-state index in [0.29, 0.717) is 16.8 Å². The Labute approximate surface area is 222 Å². The van der Waals surface area contributed by atoms with Crippen LogP contribution >= 0.6 is 23.7 Å². The quantitative estimate of drug-likeness (QED) is 0.175. The van der Waals surface area contributed by atoms with Gasteiger partial charge in [0.1, 0.15) is 24.3 Å². The van der Waals surface area contributed by atoms with Gasteiger partial charge in [0.15, 0.2) is 23.4 Å². The van der Waals surface area contributed by atoms with E-state index in [4.69, 9.17) is 30.0 Å². The van der Waals surface area contributed by atoms with Gasteiger partial charge in [-0.25, -0.2) is 19.0 Å². The van der Waals surface area contributed by atoms with Crippen molar-refractivity contribution in [1.29, 1.82) is 0 Å². The summed E-state index contributed by atoms with van der Waals surface area (Å²) in [4.78, 5) is 27.3. The van der Waals surface area contributed by atoms with Crippen molar-refractivity contribution in [3.63, 3.8) is 0 Å². The third-order valence-corrected chi connectivity index (χ3v) is 8.32. The van der Waals surface area contributed by atoms with E-state index in [9.17, 15) is 14.5 Å². The Hall–Kier alpha value is -2.95. The predicted molar refractivity (Wildman–Crippen MR) is 132 cm³/mol. The number of aliphatic hydroxyl groups is 1. The molecule has 2 aliphatic heterocycles. The van der Waals surface area contributed by atoms with E-state index in [0.717, 1.165) is 0 Å². The highest BCUT2D eigenvalue weighted by atomic mass is 79.9. The fraction of sp³-hybridized carbons (Fsp3) is 0.450. The van der Waals surface area contributed by atoms with Crippen LogP contribution in [0.1, 0.15) is 30.0 Å². The molecule has 0 saturated carbocycles. The number of aromatic nitrogens is 5. The molecule has 15 nitrogen and oxygen atoms in total. The monoisotopic (exact) mass is 616 g/mol. The number of hydrogen-bond donors (Lipinski definition) is 4. The molecule has 5 atom stereocenters. The second-order valence-electron chi connectivity index (χ2n) is 8.61. The lowest BCUT2D eigenvalue weighted by Gasteiger charge is -2.29. The number of aryl methyl sites for hydroxylation is 1. The number of rotatable bonds is 6. The maximum Gasteiger partial charge on any atom is 0.459 e. The summed E-state index contributed by atoms with van der Waals surface area (Å²) in [6.45, 7) is 2.43. The number of aliphatic hydroxyl groups excluding tert-OH is 1. The van der Waals surface area contributed by atoms with Crippen LogP contribution in [0.5, 0.6) is 5.75 Å². The van der Waals surface area contributed by atoms with Crippen molar-refractivity contribution in [2.45, 2.75) is 50.0 Å². The number of pyridine rings is 1. The minimum atomic E-state index is -3.98. The lowest BCUT2D eigenvalue weighted by Crippen LogP contribution is -2.38. The van der Waals surface area contributed by atoms with Crippen LogP contribution in [0.4, 0.5) is 16.2 Å². The smallest absolute Gasteiger partial charge is 0.459 e. The molecule has 0 radical (unpaired) electrons. The van der Waals surface area contributed by atoms with Gasteiger partial charge in [-0.3, -0.25) is 18.9 Å². The zero-order valence-corrected chi connectivity index (χ0v) is 22.5. The Morgan fingerprint density at radius 2 is 2.18 bits per heavy atom. The Kier molecular flexibility index (Phi) is 6.77. The molecular formula is C20H23BrFN8O7P. The highest BCUT2D eigenvalue weighted by molar-refractivity contribution is 9.10. The largest absolute Gasteiger partial charge is 0.461 e. The molecule has 204 valence electrons. The van der Waals surface area contributed by atoms with Crippen LogP contribution in [0.3, 0.4) is 0 Å². The molecule has 0 spiro atoms. The number of hydrogen-bond acceptors (Lipinski definition) is 13. The molecule has 0 amide bonds. The normalized spacial score (nSPS) is 28.7. The van der Waals surface area contributed by atoms with Crippen LogP contribution < -0.4 is 21.1 Å². The Bertz CT molecular complexity index is 1470. The SMILES string of the molecule is CC(=O)OCc1cnc(C)c2c1CNP(=O)(OC[C@H]1O[C@@H](n3cnc4c(N)nc(N)nc43)C(F)(Br)C1O)O2. The van der Waals surface area contributed by atoms with Gasteiger partial charge in [-0.2, -0.15) is 9.97 Å². The molecule has 3 aromatic rings. The molecule has 5 rings (SSSR count). The van der Waals surface area contributed by atoms with Crippen LogP contribution in [0.2, 0.25) is 0 Å². The summed E-state index contributed by atoms with van der Waals surface area (Å²) in [6.07, 6.45) is -1.76. The van der Waals surface area contributed by atoms with Gasteiger partial charge in [0.05, 0.1) is 18.6 Å². The second-order valence-corrected chi connectivity index (χ2v) is 11.6. The second kappa shape index (κ2) is 9.66. The number of nitrogens with one attached hydrogen (secondary N) is 1. The van der Waals surface area contributed by atoms with E-state index in [2.05, 4.69) is 41.0 Å². The lowest BCUT2D eigenvalue weighted by molar-refractivity contribution is -0.142. The van der Waals surface area contributed by atoms with Crippen molar-refractivity contribution in [1.82, 2.24) is 29.6 Å². The highest BCUT2D eigenvalue weighted by Gasteiger charge is 2.58. The van der Waals surface area contributed by atoms with E-state index in [1.54, 1.807) is 6.92 Å². The minimum absolute atomic E-state index is 0.0107. The lowest BCUT2D eigenvalue weighted by atomic mass is 10.1. The fourth-order valence-corrected chi connectivity index (χ4v) is 6.11. The molecule has 5 heterocycles. The molecule has 0 bridgehead atoms. The summed E-state index contributed by atoms with van der Waals surface area (Å²) >= 11 is 2.89. The van der Waals surface area contributed by atoms with Gasteiger partial charge in [-0.1, -0.05) is 0 Å². The zero-order valence-electron chi connectivity index (χ0n) is 20.0. The number of esters is 1. The minimum Gasteiger partial charge on any atom is -0.461 e. The van der Waals surface area contributed by atoms with Crippen LogP contribution in [0.25, 0.3) is 11.2 Å². The van der Waals surface area contributed by atoms with Crippen molar-refractivity contribution < 1.29 is 37.4 Å². The first kappa shape index (κ1) is 26.6. The van der Waals surface area contributed by atoms with E-state index in [-0.39, 0.29) is 41.8 Å². The highest BCUT2D eigenvalue weighted by Crippen LogP contribution is 2.52. The summed E-state index contributed by atoms with van der Waals surface area (Å²) in [5.74, 6) is -0.426. The van der Waals surface area contributed by atoms with Gasteiger partial charge in [0.2, 0.25) is 10.5 Å². The Morgan fingerprint density at radius 3 is 2.92 bits per heavy atom. The van der Waals surface area contributed by atoms with Gasteiger partial charge in [0.25, 0.3) is 0 Å². The molecule has 1 saturated heterocycles. The average molecular weight is 617 g/mol. The van der Waals surface area contributed by atoms with Crippen molar-refractivity contribution in [3.8, 4) is 5.75 Å². The van der Waals surface area contributed by atoms with Gasteiger partial charge in [-0.15, -0.1) is 0 Å². The molecule has 1 fully saturated rings. The number of anilines is 2.